The summed E-state index contributed by atoms with van der Waals surface area (Å²) in [6.07, 6.45) is 0.406. The van der Waals surface area contributed by atoms with Crippen molar-refractivity contribution in [2.24, 2.45) is 0 Å². The highest BCUT2D eigenvalue weighted by atomic mass is 16.5. The number of carbonyl (C=O) groups is 1. The molecule has 0 amide bonds. The van der Waals surface area contributed by atoms with E-state index in [1.54, 1.807) is 13.8 Å². The smallest absolute Gasteiger partial charge is 0.339 e. The van der Waals surface area contributed by atoms with Crippen LogP contribution in [0.25, 0.3) is 0 Å². The van der Waals surface area contributed by atoms with Crippen molar-refractivity contribution in [2.75, 3.05) is 12.3 Å². The molecule has 0 bridgehead atoms. The summed E-state index contributed by atoms with van der Waals surface area (Å²) in [4.78, 5) is 15.3. The Hall–Kier alpha value is -2.11. The van der Waals surface area contributed by atoms with Gasteiger partial charge in [0.1, 0.15) is 5.82 Å². The third kappa shape index (κ3) is 2.72. The minimum Gasteiger partial charge on any atom is -0.493 e. The van der Waals surface area contributed by atoms with Gasteiger partial charge in [0.15, 0.2) is 0 Å². The molecule has 1 heterocycles. The minimum absolute atomic E-state index is 0.0418. The Kier molecular flexibility index (Phi) is 4.03. The molecule has 1 aromatic heterocycles. The van der Waals surface area contributed by atoms with Gasteiger partial charge in [-0.1, -0.05) is 6.92 Å². The van der Waals surface area contributed by atoms with Crippen molar-refractivity contribution in [1.82, 2.24) is 4.98 Å². The van der Waals surface area contributed by atoms with Gasteiger partial charge >= 0.3 is 5.97 Å². The number of nitrogens with zero attached hydrogens (tertiary/aromatic N) is 1. The number of carbonyl (C=O) groups excluding carboxylic acids is 1. The maximum absolute atomic E-state index is 11.7. The number of aromatic hydroxyl groups is 1. The van der Waals surface area contributed by atoms with Gasteiger partial charge in [0.05, 0.1) is 17.7 Å². The standard InChI is InChI=1S/C11H15N3O3/c1-3-7(12)9-6(11(16)17-4-2)5-8(15)14-10(9)13/h5,12H,3-4H2,1-2H3,(H3,13,14,15). The number of hydrogen-bond donors (Lipinski definition) is 3. The normalized spacial score (nSPS) is 10.0. The molecule has 0 aromatic carbocycles. The van der Waals surface area contributed by atoms with Gasteiger partial charge in [0.2, 0.25) is 5.88 Å². The topological polar surface area (TPSA) is 109 Å². The summed E-state index contributed by atoms with van der Waals surface area (Å²) in [7, 11) is 0. The lowest BCUT2D eigenvalue weighted by molar-refractivity contribution is 0.0525. The zero-order valence-electron chi connectivity index (χ0n) is 9.78. The molecule has 6 heteroatoms. The molecule has 1 rings (SSSR count). The first-order chi connectivity index (χ1) is 8.01. The third-order valence-corrected chi connectivity index (χ3v) is 2.18. The summed E-state index contributed by atoms with van der Waals surface area (Å²) < 4.78 is 4.84. The van der Waals surface area contributed by atoms with E-state index < -0.39 is 5.97 Å². The van der Waals surface area contributed by atoms with Crippen LogP contribution in [0, 0.1) is 5.41 Å². The Morgan fingerprint density at radius 1 is 1.59 bits per heavy atom. The van der Waals surface area contributed by atoms with Gasteiger partial charge in [-0.3, -0.25) is 0 Å². The molecule has 92 valence electrons. The maximum Gasteiger partial charge on any atom is 0.339 e. The molecule has 0 atom stereocenters. The summed E-state index contributed by atoms with van der Waals surface area (Å²) in [5, 5.41) is 17.1. The molecule has 0 unspecified atom stereocenters. The first-order valence-electron chi connectivity index (χ1n) is 5.25. The van der Waals surface area contributed by atoms with Crippen molar-refractivity contribution < 1.29 is 14.6 Å². The number of nitrogen functional groups attached to an aromatic ring is 1. The summed E-state index contributed by atoms with van der Waals surface area (Å²) in [5.41, 5.74) is 6.09. The zero-order chi connectivity index (χ0) is 13.0. The Labute approximate surface area is 98.9 Å². The number of ether oxygens (including phenoxy) is 1. The number of pyridine rings is 1. The molecular weight excluding hydrogens is 222 g/mol. The quantitative estimate of drug-likeness (QED) is 0.540. The van der Waals surface area contributed by atoms with Crippen molar-refractivity contribution >= 4 is 17.5 Å². The van der Waals surface area contributed by atoms with Gasteiger partial charge in [-0.05, 0) is 13.3 Å². The summed E-state index contributed by atoms with van der Waals surface area (Å²) in [6, 6.07) is 1.16. The first-order valence-corrected chi connectivity index (χ1v) is 5.25. The van der Waals surface area contributed by atoms with Crippen molar-refractivity contribution in [3.63, 3.8) is 0 Å². The molecule has 6 nitrogen and oxygen atoms in total. The fourth-order valence-corrected chi connectivity index (χ4v) is 1.41. The average Bonchev–Trinajstić information content (AvgIpc) is 2.27. The number of esters is 1. The van der Waals surface area contributed by atoms with Crippen LogP contribution in [0.4, 0.5) is 5.82 Å². The summed E-state index contributed by atoms with van der Waals surface area (Å²) >= 11 is 0. The van der Waals surface area contributed by atoms with E-state index in [2.05, 4.69) is 4.98 Å². The second-order valence-corrected chi connectivity index (χ2v) is 3.34. The molecule has 0 aliphatic carbocycles. The van der Waals surface area contributed by atoms with E-state index >= 15 is 0 Å². The SMILES string of the molecule is CCOC(=O)c1cc(O)nc(N)c1C(=N)CC. The van der Waals surface area contributed by atoms with E-state index in [-0.39, 0.29) is 35.1 Å². The van der Waals surface area contributed by atoms with E-state index in [4.69, 9.17) is 15.9 Å². The van der Waals surface area contributed by atoms with Crippen LogP contribution in [-0.2, 0) is 4.74 Å². The third-order valence-electron chi connectivity index (χ3n) is 2.18. The lowest BCUT2D eigenvalue weighted by atomic mass is 10.0. The van der Waals surface area contributed by atoms with Crippen LogP contribution in [0.3, 0.4) is 0 Å². The number of hydrogen-bond acceptors (Lipinski definition) is 6. The highest BCUT2D eigenvalue weighted by molar-refractivity contribution is 6.10. The van der Waals surface area contributed by atoms with Crippen molar-refractivity contribution in [3.8, 4) is 5.88 Å². The lowest BCUT2D eigenvalue weighted by Crippen LogP contribution is -2.15. The number of anilines is 1. The van der Waals surface area contributed by atoms with Crippen LogP contribution in [0.15, 0.2) is 6.07 Å². The van der Waals surface area contributed by atoms with Crippen LogP contribution in [-0.4, -0.2) is 28.4 Å². The summed E-state index contributed by atoms with van der Waals surface area (Å²) in [5.74, 6) is -1.02. The molecule has 4 N–H and O–H groups in total. The van der Waals surface area contributed by atoms with Gasteiger partial charge in [-0.15, -0.1) is 0 Å². The number of rotatable bonds is 4. The second kappa shape index (κ2) is 5.29. The van der Waals surface area contributed by atoms with Crippen LogP contribution in [0.2, 0.25) is 0 Å². The van der Waals surface area contributed by atoms with Gasteiger partial charge in [-0.2, -0.15) is 4.98 Å². The number of nitrogens with one attached hydrogen (secondary N) is 1. The Morgan fingerprint density at radius 3 is 2.76 bits per heavy atom. The van der Waals surface area contributed by atoms with E-state index in [0.717, 1.165) is 6.07 Å². The molecule has 0 fully saturated rings. The highest BCUT2D eigenvalue weighted by Gasteiger charge is 2.20. The van der Waals surface area contributed by atoms with Gasteiger partial charge in [0, 0.05) is 11.8 Å². The van der Waals surface area contributed by atoms with E-state index in [0.29, 0.717) is 6.42 Å². The fourth-order valence-electron chi connectivity index (χ4n) is 1.41. The molecule has 0 spiro atoms. The predicted molar refractivity (Wildman–Crippen MR) is 63.4 cm³/mol. The van der Waals surface area contributed by atoms with Crippen LogP contribution in [0.1, 0.15) is 36.2 Å². The summed E-state index contributed by atoms with van der Waals surface area (Å²) in [6.45, 7) is 3.65. The molecule has 0 radical (unpaired) electrons. The first kappa shape index (κ1) is 13.0. The molecule has 0 aliphatic rings. The van der Waals surface area contributed by atoms with Crippen molar-refractivity contribution in [2.45, 2.75) is 20.3 Å². The minimum atomic E-state index is -0.620. The monoisotopic (exact) mass is 237 g/mol. The zero-order valence-corrected chi connectivity index (χ0v) is 9.78. The fraction of sp³-hybridized carbons (Fsp3) is 0.364. The maximum atomic E-state index is 11.7. The number of nitrogens with two attached hydrogens (primary N) is 1. The van der Waals surface area contributed by atoms with Crippen molar-refractivity contribution in [3.05, 3.63) is 17.2 Å². The molecule has 0 saturated heterocycles. The highest BCUT2D eigenvalue weighted by Crippen LogP contribution is 2.22. The Balaban J connectivity index is 3.35. The Bertz CT molecular complexity index is 458. The van der Waals surface area contributed by atoms with Gasteiger partial charge in [0.25, 0.3) is 0 Å². The van der Waals surface area contributed by atoms with Gasteiger partial charge in [-0.25, -0.2) is 4.79 Å². The van der Waals surface area contributed by atoms with Crippen LogP contribution >= 0.6 is 0 Å². The van der Waals surface area contributed by atoms with Crippen LogP contribution in [0.5, 0.6) is 5.88 Å². The Morgan fingerprint density at radius 2 is 2.24 bits per heavy atom. The largest absolute Gasteiger partial charge is 0.493 e. The number of aromatic nitrogens is 1. The molecule has 1 aromatic rings. The predicted octanol–water partition coefficient (Wildman–Crippen LogP) is 1.32. The van der Waals surface area contributed by atoms with Crippen LogP contribution < -0.4 is 5.73 Å². The van der Waals surface area contributed by atoms with E-state index in [9.17, 15) is 9.90 Å². The van der Waals surface area contributed by atoms with E-state index in [1.165, 1.54) is 0 Å². The second-order valence-electron chi connectivity index (χ2n) is 3.34. The van der Waals surface area contributed by atoms with Crippen molar-refractivity contribution in [1.29, 1.82) is 5.41 Å². The average molecular weight is 237 g/mol. The van der Waals surface area contributed by atoms with Gasteiger partial charge < -0.3 is 21.0 Å². The molecule has 0 aliphatic heterocycles. The molecule has 0 saturated carbocycles. The van der Waals surface area contributed by atoms with E-state index in [1.807, 2.05) is 0 Å². The lowest BCUT2D eigenvalue weighted by Gasteiger charge is -2.11. The molecular formula is C11H15N3O3. The molecule has 17 heavy (non-hydrogen) atoms.